The summed E-state index contributed by atoms with van der Waals surface area (Å²) >= 11 is 1.82. The Bertz CT molecular complexity index is 435. The maximum Gasteiger partial charge on any atom is 0.0762 e. The van der Waals surface area contributed by atoms with Crippen LogP contribution in [0.3, 0.4) is 0 Å². The van der Waals surface area contributed by atoms with Crippen LogP contribution in [0.4, 0.5) is 0 Å². The number of nitrogens with zero attached hydrogens (tertiary/aromatic N) is 1. The molecule has 0 heterocycles. The molecular formula is C16H23NOS. The van der Waals surface area contributed by atoms with Gasteiger partial charge in [0.15, 0.2) is 0 Å². The Hall–Kier alpha value is -0.980. The van der Waals surface area contributed by atoms with E-state index in [0.29, 0.717) is 0 Å². The van der Waals surface area contributed by atoms with Gasteiger partial charge in [-0.15, -0.1) is 11.8 Å². The molecule has 0 aliphatic carbocycles. The van der Waals surface area contributed by atoms with Gasteiger partial charge >= 0.3 is 0 Å². The number of hydrogen-bond donors (Lipinski definition) is 1. The van der Waals surface area contributed by atoms with Crippen LogP contribution in [0.5, 0.6) is 0 Å². The summed E-state index contributed by atoms with van der Waals surface area (Å²) in [5, 5.41) is 18.5. The Morgan fingerprint density at radius 1 is 1.37 bits per heavy atom. The van der Waals surface area contributed by atoms with Crippen LogP contribution in [0.25, 0.3) is 0 Å². The van der Waals surface area contributed by atoms with E-state index in [2.05, 4.69) is 18.2 Å². The summed E-state index contributed by atoms with van der Waals surface area (Å²) in [5.74, 6) is 1.06. The number of aliphatic hydroxyl groups excluding tert-OH is 1. The maximum atomic E-state index is 9.53. The molecule has 3 heteroatoms. The van der Waals surface area contributed by atoms with Gasteiger partial charge in [0.25, 0.3) is 0 Å². The molecule has 0 aliphatic rings. The predicted octanol–water partition coefficient (Wildman–Crippen LogP) is 4.55. The van der Waals surface area contributed by atoms with Gasteiger partial charge in [0.05, 0.1) is 17.6 Å². The molecule has 0 radical (unpaired) electrons. The second-order valence-electron chi connectivity index (χ2n) is 5.55. The Morgan fingerprint density at radius 2 is 2.11 bits per heavy atom. The van der Waals surface area contributed by atoms with E-state index in [4.69, 9.17) is 5.26 Å². The summed E-state index contributed by atoms with van der Waals surface area (Å²) in [6.45, 7) is 5.77. The first-order valence-corrected chi connectivity index (χ1v) is 7.75. The van der Waals surface area contributed by atoms with E-state index in [9.17, 15) is 5.11 Å². The van der Waals surface area contributed by atoms with Crippen LogP contribution in [-0.4, -0.2) is 10.9 Å². The van der Waals surface area contributed by atoms with Crippen molar-refractivity contribution in [1.29, 1.82) is 5.26 Å². The van der Waals surface area contributed by atoms with Crippen LogP contribution < -0.4 is 0 Å². The number of unbranched alkanes of at least 4 members (excludes halogenated alkanes) is 1. The first kappa shape index (κ1) is 16.1. The van der Waals surface area contributed by atoms with Gasteiger partial charge in [-0.2, -0.15) is 5.26 Å². The third-order valence-electron chi connectivity index (χ3n) is 3.11. The molecule has 0 saturated heterocycles. The Kier molecular flexibility index (Phi) is 6.41. The Balaban J connectivity index is 2.30. The highest BCUT2D eigenvalue weighted by atomic mass is 32.2. The van der Waals surface area contributed by atoms with Crippen molar-refractivity contribution in [2.75, 3.05) is 5.75 Å². The molecule has 0 amide bonds. The average Bonchev–Trinajstić information content (AvgIpc) is 2.38. The number of hydrogen-bond acceptors (Lipinski definition) is 3. The standard InChI is InChI=1S/C16H23NOS/c1-13(18)14-7-6-8-15(11-14)19-10-5-4-9-16(2,3)12-17/h6-8,11,13,18H,4-5,9-10H2,1-3H3. The number of rotatable bonds is 7. The maximum absolute atomic E-state index is 9.53. The molecule has 0 spiro atoms. The molecule has 1 N–H and O–H groups in total. The summed E-state index contributed by atoms with van der Waals surface area (Å²) < 4.78 is 0. The van der Waals surface area contributed by atoms with Gasteiger partial charge in [-0.3, -0.25) is 0 Å². The lowest BCUT2D eigenvalue weighted by Crippen LogP contribution is -2.07. The average molecular weight is 277 g/mol. The van der Waals surface area contributed by atoms with Crippen molar-refractivity contribution in [3.8, 4) is 6.07 Å². The van der Waals surface area contributed by atoms with Crippen molar-refractivity contribution in [2.24, 2.45) is 5.41 Å². The van der Waals surface area contributed by atoms with E-state index in [1.54, 1.807) is 6.92 Å². The second-order valence-corrected chi connectivity index (χ2v) is 6.72. The molecule has 1 unspecified atom stereocenters. The van der Waals surface area contributed by atoms with Crippen molar-refractivity contribution in [1.82, 2.24) is 0 Å². The molecule has 1 rings (SSSR count). The molecular weight excluding hydrogens is 254 g/mol. The predicted molar refractivity (Wildman–Crippen MR) is 81.0 cm³/mol. The van der Waals surface area contributed by atoms with Gasteiger partial charge < -0.3 is 5.11 Å². The minimum Gasteiger partial charge on any atom is -0.389 e. The van der Waals surface area contributed by atoms with Gasteiger partial charge in [-0.25, -0.2) is 0 Å². The third kappa shape index (κ3) is 6.13. The van der Waals surface area contributed by atoms with Crippen LogP contribution in [0.2, 0.25) is 0 Å². The molecule has 104 valence electrons. The summed E-state index contributed by atoms with van der Waals surface area (Å²) in [6, 6.07) is 10.4. The number of nitriles is 1. The minimum atomic E-state index is -0.406. The van der Waals surface area contributed by atoms with Crippen LogP contribution >= 0.6 is 11.8 Å². The van der Waals surface area contributed by atoms with Crippen molar-refractivity contribution in [3.05, 3.63) is 29.8 Å². The molecule has 0 aromatic heterocycles. The van der Waals surface area contributed by atoms with Crippen LogP contribution in [-0.2, 0) is 0 Å². The minimum absolute atomic E-state index is 0.198. The summed E-state index contributed by atoms with van der Waals surface area (Å²) in [5.41, 5.74) is 0.771. The van der Waals surface area contributed by atoms with Gasteiger partial charge in [-0.05, 0) is 57.1 Å². The van der Waals surface area contributed by atoms with E-state index in [1.165, 1.54) is 4.90 Å². The zero-order valence-electron chi connectivity index (χ0n) is 12.0. The van der Waals surface area contributed by atoms with Crippen molar-refractivity contribution in [2.45, 2.75) is 51.0 Å². The molecule has 0 aliphatic heterocycles. The molecule has 1 atom stereocenters. The lowest BCUT2D eigenvalue weighted by Gasteiger charge is -2.14. The summed E-state index contributed by atoms with van der Waals surface area (Å²) in [7, 11) is 0. The van der Waals surface area contributed by atoms with E-state index in [-0.39, 0.29) is 5.41 Å². The number of aliphatic hydroxyl groups is 1. The molecule has 2 nitrogen and oxygen atoms in total. The zero-order chi connectivity index (χ0) is 14.3. The fourth-order valence-corrected chi connectivity index (χ4v) is 2.76. The number of thioether (sulfide) groups is 1. The summed E-state index contributed by atoms with van der Waals surface area (Å²) in [6.07, 6.45) is 2.76. The van der Waals surface area contributed by atoms with Crippen molar-refractivity contribution >= 4 is 11.8 Å². The molecule has 1 aromatic rings. The topological polar surface area (TPSA) is 44.0 Å². The van der Waals surface area contributed by atoms with E-state index >= 15 is 0 Å². The smallest absolute Gasteiger partial charge is 0.0762 e. The first-order chi connectivity index (χ1) is 8.94. The van der Waals surface area contributed by atoms with Crippen LogP contribution in [0, 0.1) is 16.7 Å². The van der Waals surface area contributed by atoms with Crippen LogP contribution in [0.1, 0.15) is 51.7 Å². The first-order valence-electron chi connectivity index (χ1n) is 6.77. The highest BCUT2D eigenvalue weighted by Crippen LogP contribution is 2.26. The van der Waals surface area contributed by atoms with E-state index < -0.39 is 6.10 Å². The van der Waals surface area contributed by atoms with Gasteiger partial charge in [0, 0.05) is 4.90 Å². The lowest BCUT2D eigenvalue weighted by molar-refractivity contribution is 0.199. The SMILES string of the molecule is CC(O)c1cccc(SCCCCC(C)(C)C#N)c1. The monoisotopic (exact) mass is 277 g/mol. The van der Waals surface area contributed by atoms with Crippen LogP contribution in [0.15, 0.2) is 29.2 Å². The highest BCUT2D eigenvalue weighted by molar-refractivity contribution is 7.99. The summed E-state index contributed by atoms with van der Waals surface area (Å²) in [4.78, 5) is 1.21. The second kappa shape index (κ2) is 7.57. The number of benzene rings is 1. The molecule has 19 heavy (non-hydrogen) atoms. The lowest BCUT2D eigenvalue weighted by atomic mass is 9.89. The van der Waals surface area contributed by atoms with Gasteiger partial charge in [0.2, 0.25) is 0 Å². The molecule has 0 bridgehead atoms. The third-order valence-corrected chi connectivity index (χ3v) is 4.19. The van der Waals surface area contributed by atoms with Gasteiger partial charge in [-0.1, -0.05) is 18.6 Å². The quantitative estimate of drug-likeness (QED) is 0.587. The highest BCUT2D eigenvalue weighted by Gasteiger charge is 2.15. The molecule has 0 saturated carbocycles. The normalized spacial score (nSPS) is 13.0. The zero-order valence-corrected chi connectivity index (χ0v) is 12.8. The van der Waals surface area contributed by atoms with Gasteiger partial charge in [0.1, 0.15) is 0 Å². The largest absolute Gasteiger partial charge is 0.389 e. The fraction of sp³-hybridized carbons (Fsp3) is 0.562. The Labute approximate surface area is 120 Å². The van der Waals surface area contributed by atoms with E-state index in [1.807, 2.05) is 37.7 Å². The van der Waals surface area contributed by atoms with Crippen molar-refractivity contribution in [3.63, 3.8) is 0 Å². The van der Waals surface area contributed by atoms with Crippen molar-refractivity contribution < 1.29 is 5.11 Å². The Morgan fingerprint density at radius 3 is 2.74 bits per heavy atom. The van der Waals surface area contributed by atoms with E-state index in [0.717, 1.165) is 30.6 Å². The molecule has 0 fully saturated rings. The fourth-order valence-electron chi connectivity index (χ4n) is 1.78. The molecule has 1 aromatic carbocycles.